The van der Waals surface area contributed by atoms with E-state index in [0.29, 0.717) is 5.92 Å². The van der Waals surface area contributed by atoms with Crippen molar-refractivity contribution in [2.45, 2.75) is 12.3 Å². The number of benzene rings is 10. The molecule has 0 saturated heterocycles. The Morgan fingerprint density at radius 2 is 0.957 bits per heavy atom. The molecule has 3 nitrogen and oxygen atoms in total. The first-order chi connectivity index (χ1) is 34.2. The molecule has 10 aromatic carbocycles. The molecule has 0 amide bonds. The number of nitrogens with zero attached hydrogens (tertiary/aromatic N) is 2. The number of allylic oxidation sites excluding steroid dienone is 4. The van der Waals surface area contributed by atoms with E-state index >= 15 is 0 Å². The Balaban J connectivity index is 0.866. The van der Waals surface area contributed by atoms with Gasteiger partial charge in [-0.15, -0.1) is 0 Å². The van der Waals surface area contributed by atoms with Crippen LogP contribution < -0.4 is 4.90 Å². The lowest BCUT2D eigenvalue weighted by molar-refractivity contribution is 0.669. The van der Waals surface area contributed by atoms with Crippen LogP contribution in [0.4, 0.5) is 17.1 Å². The van der Waals surface area contributed by atoms with Crippen molar-refractivity contribution >= 4 is 60.8 Å². The number of hydrogen-bond acceptors (Lipinski definition) is 2. The summed E-state index contributed by atoms with van der Waals surface area (Å²) in [7, 11) is 0. The molecule has 0 spiro atoms. The summed E-state index contributed by atoms with van der Waals surface area (Å²) in [6.45, 7) is 0. The lowest BCUT2D eigenvalue weighted by atomic mass is 9.91. The zero-order valence-electron chi connectivity index (χ0n) is 37.9. The molecule has 0 N–H and O–H groups in total. The quantitative estimate of drug-likeness (QED) is 0.144. The number of rotatable bonds is 9. The van der Waals surface area contributed by atoms with E-state index in [-0.39, 0.29) is 0 Å². The molecule has 1 unspecified atom stereocenters. The summed E-state index contributed by atoms with van der Waals surface area (Å²) in [5.41, 5.74) is 19.2. The summed E-state index contributed by atoms with van der Waals surface area (Å²) in [5.74, 6) is 0.367. The number of fused-ring (bicyclic) bond motifs is 6. The van der Waals surface area contributed by atoms with Gasteiger partial charge in [-0.1, -0.05) is 194 Å². The third-order valence-electron chi connectivity index (χ3n) is 14.0. The topological polar surface area (TPSA) is 21.3 Å². The molecule has 13 rings (SSSR count). The monoisotopic (exact) mass is 882 g/mol. The molecule has 2 heterocycles. The highest BCUT2D eigenvalue weighted by Crippen LogP contribution is 2.44. The van der Waals surface area contributed by atoms with Gasteiger partial charge in [0.15, 0.2) is 5.58 Å². The zero-order valence-corrected chi connectivity index (χ0v) is 37.9. The Hall–Kier alpha value is -8.92. The van der Waals surface area contributed by atoms with E-state index in [9.17, 15) is 0 Å². The Bertz CT molecular complexity index is 3890. The fourth-order valence-electron chi connectivity index (χ4n) is 10.5. The highest BCUT2D eigenvalue weighted by Gasteiger charge is 2.21. The first-order valence-electron chi connectivity index (χ1n) is 23.8. The van der Waals surface area contributed by atoms with Crippen LogP contribution in [0.2, 0.25) is 0 Å². The van der Waals surface area contributed by atoms with Crippen molar-refractivity contribution in [3.8, 4) is 50.2 Å². The number of para-hydroxylation sites is 3. The predicted octanol–water partition coefficient (Wildman–Crippen LogP) is 18.4. The Morgan fingerprint density at radius 3 is 1.65 bits per heavy atom. The van der Waals surface area contributed by atoms with Crippen LogP contribution in [0.3, 0.4) is 0 Å². The smallest absolute Gasteiger partial charge is 0.159 e. The fourth-order valence-corrected chi connectivity index (χ4v) is 10.5. The lowest BCUT2D eigenvalue weighted by Crippen LogP contribution is -2.10. The van der Waals surface area contributed by atoms with Crippen LogP contribution in [0, 0.1) is 0 Å². The molecule has 3 heteroatoms. The van der Waals surface area contributed by atoms with E-state index in [1.807, 2.05) is 12.1 Å². The predicted molar refractivity (Wildman–Crippen MR) is 290 cm³/mol. The average molecular weight is 883 g/mol. The molecule has 2 aromatic heterocycles. The van der Waals surface area contributed by atoms with E-state index < -0.39 is 0 Å². The molecule has 1 atom stereocenters. The van der Waals surface area contributed by atoms with Gasteiger partial charge in [0.25, 0.3) is 0 Å². The summed E-state index contributed by atoms with van der Waals surface area (Å²) >= 11 is 0. The van der Waals surface area contributed by atoms with Gasteiger partial charge < -0.3 is 13.9 Å². The summed E-state index contributed by atoms with van der Waals surface area (Å²) in [4.78, 5) is 2.31. The van der Waals surface area contributed by atoms with Crippen LogP contribution in [0.1, 0.15) is 17.9 Å². The van der Waals surface area contributed by atoms with Gasteiger partial charge in [-0.3, -0.25) is 0 Å². The molecule has 0 aliphatic heterocycles. The minimum Gasteiger partial charge on any atom is -0.454 e. The maximum atomic E-state index is 6.62. The van der Waals surface area contributed by atoms with Gasteiger partial charge in [0.1, 0.15) is 5.58 Å². The maximum absolute atomic E-state index is 6.62. The fraction of sp³-hybridized carbons (Fsp3) is 0.0303. The second kappa shape index (κ2) is 17.1. The molecule has 326 valence electrons. The third kappa shape index (κ3) is 7.24. The molecule has 0 saturated carbocycles. The van der Waals surface area contributed by atoms with Gasteiger partial charge in [0.05, 0.1) is 22.4 Å². The lowest BCUT2D eigenvalue weighted by Gasteiger charge is -2.26. The second-order valence-corrected chi connectivity index (χ2v) is 18.0. The van der Waals surface area contributed by atoms with Gasteiger partial charge in [-0.2, -0.15) is 0 Å². The molecule has 69 heavy (non-hydrogen) atoms. The molecule has 1 aliphatic carbocycles. The molecule has 0 radical (unpaired) electrons. The number of anilines is 3. The Morgan fingerprint density at radius 1 is 0.406 bits per heavy atom. The molecule has 0 fully saturated rings. The van der Waals surface area contributed by atoms with Crippen molar-refractivity contribution in [3.63, 3.8) is 0 Å². The van der Waals surface area contributed by atoms with Crippen LogP contribution in [-0.4, -0.2) is 4.57 Å². The summed E-state index contributed by atoms with van der Waals surface area (Å²) in [6, 6.07) is 85.7. The zero-order chi connectivity index (χ0) is 45.7. The van der Waals surface area contributed by atoms with E-state index in [2.05, 4.69) is 258 Å². The Kier molecular flexibility index (Phi) is 9.98. The van der Waals surface area contributed by atoms with Crippen molar-refractivity contribution in [3.05, 3.63) is 266 Å². The standard InChI is InChI=1S/C66H46N2O/c1-4-15-45(16-5-1)49-31-37-54(38-32-49)67(64-25-14-23-58-57-22-11-13-26-65(57)69-66(58)64)55-39-33-50(34-40-55)48-27-29-51(30-28-48)56-21-10-12-24-61(56)68-62-41-35-52(46-17-6-2-7-18-46)43-59(62)60-44-53(36-42-63(60)68)47-19-8-3-9-20-47/h1-19,21-44,47H,20H2. The van der Waals surface area contributed by atoms with Crippen molar-refractivity contribution in [1.82, 2.24) is 4.57 Å². The minimum atomic E-state index is 0.367. The van der Waals surface area contributed by atoms with Gasteiger partial charge in [-0.05, 0) is 118 Å². The van der Waals surface area contributed by atoms with Crippen LogP contribution in [0.5, 0.6) is 0 Å². The van der Waals surface area contributed by atoms with Crippen LogP contribution in [-0.2, 0) is 0 Å². The van der Waals surface area contributed by atoms with Crippen molar-refractivity contribution in [1.29, 1.82) is 0 Å². The van der Waals surface area contributed by atoms with Gasteiger partial charge in [-0.25, -0.2) is 0 Å². The first-order valence-corrected chi connectivity index (χ1v) is 23.8. The molecule has 1 aliphatic rings. The highest BCUT2D eigenvalue weighted by atomic mass is 16.3. The molecule has 12 aromatic rings. The molecule has 0 bridgehead atoms. The van der Waals surface area contributed by atoms with E-state index in [0.717, 1.165) is 62.2 Å². The molecular formula is C66H46N2O. The third-order valence-corrected chi connectivity index (χ3v) is 14.0. The average Bonchev–Trinajstić information content (AvgIpc) is 3.98. The van der Waals surface area contributed by atoms with Gasteiger partial charge in [0, 0.05) is 44.4 Å². The van der Waals surface area contributed by atoms with Crippen LogP contribution in [0.15, 0.2) is 265 Å². The normalized spacial score (nSPS) is 13.5. The minimum absolute atomic E-state index is 0.367. The van der Waals surface area contributed by atoms with Crippen LogP contribution >= 0.6 is 0 Å². The number of aromatic nitrogens is 1. The van der Waals surface area contributed by atoms with Crippen molar-refractivity contribution in [2.24, 2.45) is 0 Å². The second-order valence-electron chi connectivity index (χ2n) is 18.0. The van der Waals surface area contributed by atoms with E-state index in [1.165, 1.54) is 60.8 Å². The summed E-state index contributed by atoms with van der Waals surface area (Å²) in [5, 5.41) is 4.74. The SMILES string of the molecule is C1=CCC(c2ccc3c(c2)c2cc(-c4ccccc4)ccc2n3-c2ccccc2-c2ccc(-c3ccc(N(c4ccc(-c5ccccc5)cc4)c4cccc5c4oc4ccccc45)cc3)cc2)C=C1. The largest absolute Gasteiger partial charge is 0.454 e. The Labute approximate surface area is 401 Å². The highest BCUT2D eigenvalue weighted by molar-refractivity contribution is 6.12. The molecular weight excluding hydrogens is 837 g/mol. The van der Waals surface area contributed by atoms with E-state index in [1.54, 1.807) is 0 Å². The number of hydrogen-bond donors (Lipinski definition) is 0. The van der Waals surface area contributed by atoms with Gasteiger partial charge >= 0.3 is 0 Å². The number of furan rings is 1. The van der Waals surface area contributed by atoms with E-state index in [4.69, 9.17) is 4.42 Å². The maximum Gasteiger partial charge on any atom is 0.159 e. The van der Waals surface area contributed by atoms with Crippen molar-refractivity contribution in [2.75, 3.05) is 4.90 Å². The summed E-state index contributed by atoms with van der Waals surface area (Å²) < 4.78 is 9.08. The van der Waals surface area contributed by atoms with Crippen LogP contribution in [0.25, 0.3) is 93.9 Å². The summed E-state index contributed by atoms with van der Waals surface area (Å²) in [6.07, 6.45) is 9.95. The van der Waals surface area contributed by atoms with Gasteiger partial charge in [0.2, 0.25) is 0 Å². The van der Waals surface area contributed by atoms with Crippen molar-refractivity contribution < 1.29 is 4.42 Å². The first kappa shape index (κ1) is 40.4.